The molecule has 0 spiro atoms. The summed E-state index contributed by atoms with van der Waals surface area (Å²) in [7, 11) is 0. The lowest BCUT2D eigenvalue weighted by Crippen LogP contribution is -2.11. The second-order valence-corrected chi connectivity index (χ2v) is 4.78. The van der Waals surface area contributed by atoms with Gasteiger partial charge >= 0.3 is 0 Å². The number of furan rings is 1. The van der Waals surface area contributed by atoms with Crippen molar-refractivity contribution in [1.29, 1.82) is 0 Å². The van der Waals surface area contributed by atoms with Crippen molar-refractivity contribution in [2.75, 3.05) is 5.32 Å². The summed E-state index contributed by atoms with van der Waals surface area (Å²) < 4.78 is 5.56. The van der Waals surface area contributed by atoms with Gasteiger partial charge in [0.05, 0.1) is 5.02 Å². The number of benzene rings is 1. The van der Waals surface area contributed by atoms with Gasteiger partial charge < -0.3 is 9.73 Å². The third-order valence-corrected chi connectivity index (χ3v) is 3.08. The van der Waals surface area contributed by atoms with Crippen molar-refractivity contribution >= 4 is 23.3 Å². The van der Waals surface area contributed by atoms with Crippen molar-refractivity contribution in [3.63, 3.8) is 0 Å². The van der Waals surface area contributed by atoms with Crippen molar-refractivity contribution < 1.29 is 9.21 Å². The van der Waals surface area contributed by atoms with Gasteiger partial charge in [0.1, 0.15) is 11.6 Å². The molecular weight excluding hydrogens is 288 g/mol. The number of carbonyl (C=O) groups excluding carboxylic acids is 1. The van der Waals surface area contributed by atoms with Gasteiger partial charge in [0.25, 0.3) is 5.91 Å². The molecule has 3 aromatic rings. The molecule has 1 N–H and O–H groups in total. The highest BCUT2D eigenvalue weighted by molar-refractivity contribution is 6.30. The van der Waals surface area contributed by atoms with E-state index in [1.54, 1.807) is 24.3 Å². The van der Waals surface area contributed by atoms with Gasteiger partial charge in [-0.3, -0.25) is 4.79 Å². The Morgan fingerprint density at radius 1 is 1.05 bits per heavy atom. The summed E-state index contributed by atoms with van der Waals surface area (Å²) in [5, 5.41) is 3.16. The minimum atomic E-state index is -0.355. The van der Waals surface area contributed by atoms with E-state index in [2.05, 4.69) is 10.3 Å². The van der Waals surface area contributed by atoms with E-state index in [0.717, 1.165) is 5.56 Å². The molecule has 0 aliphatic heterocycles. The van der Waals surface area contributed by atoms with Crippen molar-refractivity contribution in [3.05, 3.63) is 71.6 Å². The number of anilines is 1. The van der Waals surface area contributed by atoms with Crippen LogP contribution >= 0.6 is 11.6 Å². The topological polar surface area (TPSA) is 55.1 Å². The number of hydrogen-bond donors (Lipinski definition) is 1. The van der Waals surface area contributed by atoms with Crippen LogP contribution in [0.1, 0.15) is 10.6 Å². The quantitative estimate of drug-likeness (QED) is 0.786. The van der Waals surface area contributed by atoms with E-state index in [-0.39, 0.29) is 11.7 Å². The predicted molar refractivity (Wildman–Crippen MR) is 81.3 cm³/mol. The average molecular weight is 299 g/mol. The van der Waals surface area contributed by atoms with Crippen LogP contribution in [0.15, 0.2) is 65.2 Å². The van der Waals surface area contributed by atoms with Crippen molar-refractivity contribution in [1.82, 2.24) is 4.98 Å². The lowest BCUT2D eigenvalue weighted by atomic mass is 10.2. The molecule has 0 saturated carbocycles. The zero-order valence-corrected chi connectivity index (χ0v) is 11.7. The number of amides is 1. The highest BCUT2D eigenvalue weighted by atomic mass is 35.5. The Morgan fingerprint density at radius 2 is 1.86 bits per heavy atom. The van der Waals surface area contributed by atoms with E-state index in [0.29, 0.717) is 16.6 Å². The Hall–Kier alpha value is -2.59. The van der Waals surface area contributed by atoms with Gasteiger partial charge in [-0.2, -0.15) is 0 Å². The number of rotatable bonds is 3. The van der Waals surface area contributed by atoms with Crippen LogP contribution in [0.4, 0.5) is 5.82 Å². The molecule has 5 heteroatoms. The summed E-state index contributed by atoms with van der Waals surface area (Å²) in [6.45, 7) is 0. The lowest BCUT2D eigenvalue weighted by molar-refractivity contribution is 0.0997. The summed E-state index contributed by atoms with van der Waals surface area (Å²) in [6.07, 6.45) is 1.47. The Labute approximate surface area is 126 Å². The molecule has 1 aromatic carbocycles. The van der Waals surface area contributed by atoms with E-state index >= 15 is 0 Å². The molecule has 0 bridgehead atoms. The summed E-state index contributed by atoms with van der Waals surface area (Å²) >= 11 is 5.74. The molecule has 4 nitrogen and oxygen atoms in total. The smallest absolute Gasteiger partial charge is 0.292 e. The number of nitrogens with zero attached hydrogens (tertiary/aromatic N) is 1. The molecule has 2 aromatic heterocycles. The van der Waals surface area contributed by atoms with Crippen LogP contribution in [0.25, 0.3) is 11.3 Å². The molecule has 0 saturated heterocycles. The van der Waals surface area contributed by atoms with Gasteiger partial charge in [-0.05, 0) is 24.3 Å². The average Bonchev–Trinajstić information content (AvgIpc) is 3.00. The number of pyridine rings is 1. The predicted octanol–water partition coefficient (Wildman–Crippen LogP) is 4.25. The van der Waals surface area contributed by atoms with Crippen LogP contribution in [0, 0.1) is 0 Å². The van der Waals surface area contributed by atoms with E-state index in [9.17, 15) is 4.79 Å². The van der Waals surface area contributed by atoms with Crippen LogP contribution in [0.3, 0.4) is 0 Å². The van der Waals surface area contributed by atoms with Crippen molar-refractivity contribution in [3.8, 4) is 11.3 Å². The monoisotopic (exact) mass is 298 g/mol. The molecule has 0 unspecified atom stereocenters. The molecule has 0 atom stereocenters. The van der Waals surface area contributed by atoms with Gasteiger partial charge in [-0.1, -0.05) is 41.9 Å². The van der Waals surface area contributed by atoms with Gasteiger partial charge in [-0.15, -0.1) is 0 Å². The van der Waals surface area contributed by atoms with Crippen LogP contribution in [0.5, 0.6) is 0 Å². The molecule has 104 valence electrons. The number of hydrogen-bond acceptors (Lipinski definition) is 3. The molecule has 0 aliphatic carbocycles. The zero-order chi connectivity index (χ0) is 14.7. The Morgan fingerprint density at radius 3 is 2.57 bits per heavy atom. The Bertz CT molecular complexity index is 751. The highest BCUT2D eigenvalue weighted by Crippen LogP contribution is 2.22. The second-order valence-electron chi connectivity index (χ2n) is 4.35. The Balaban J connectivity index is 1.77. The standard InChI is InChI=1S/C16H11ClN2O2/c17-12-6-9-15(18-10-12)19-16(20)14-8-7-13(21-14)11-4-2-1-3-5-11/h1-10H,(H,18,19,20). The van der Waals surface area contributed by atoms with Crippen LogP contribution in [-0.2, 0) is 0 Å². The number of halogens is 1. The Kier molecular flexibility index (Phi) is 3.71. The lowest BCUT2D eigenvalue weighted by Gasteiger charge is -2.02. The van der Waals surface area contributed by atoms with E-state index in [4.69, 9.17) is 16.0 Å². The van der Waals surface area contributed by atoms with Gasteiger partial charge in [0, 0.05) is 11.8 Å². The fraction of sp³-hybridized carbons (Fsp3) is 0. The maximum absolute atomic E-state index is 12.1. The first-order valence-corrected chi connectivity index (χ1v) is 6.68. The summed E-state index contributed by atoms with van der Waals surface area (Å²) in [4.78, 5) is 16.1. The molecule has 21 heavy (non-hydrogen) atoms. The SMILES string of the molecule is O=C(Nc1ccc(Cl)cn1)c1ccc(-c2ccccc2)o1. The summed E-state index contributed by atoms with van der Waals surface area (Å²) in [6, 6.07) is 16.3. The number of nitrogens with one attached hydrogen (secondary N) is 1. The van der Waals surface area contributed by atoms with Gasteiger partial charge in [-0.25, -0.2) is 4.98 Å². The molecule has 3 rings (SSSR count). The fourth-order valence-electron chi connectivity index (χ4n) is 1.85. The second kappa shape index (κ2) is 5.81. The molecule has 1 amide bonds. The third-order valence-electron chi connectivity index (χ3n) is 2.86. The maximum atomic E-state index is 12.1. The maximum Gasteiger partial charge on any atom is 0.292 e. The first kappa shape index (κ1) is 13.4. The zero-order valence-electron chi connectivity index (χ0n) is 10.9. The van der Waals surface area contributed by atoms with Gasteiger partial charge in [0.2, 0.25) is 0 Å². The minimum Gasteiger partial charge on any atom is -0.451 e. The third kappa shape index (κ3) is 3.12. The normalized spacial score (nSPS) is 10.3. The summed E-state index contributed by atoms with van der Waals surface area (Å²) in [5.41, 5.74) is 0.918. The van der Waals surface area contributed by atoms with Gasteiger partial charge in [0.15, 0.2) is 5.76 Å². The van der Waals surface area contributed by atoms with Crippen molar-refractivity contribution in [2.45, 2.75) is 0 Å². The van der Waals surface area contributed by atoms with E-state index in [1.165, 1.54) is 6.20 Å². The van der Waals surface area contributed by atoms with E-state index in [1.807, 2.05) is 30.3 Å². The molecule has 2 heterocycles. The molecule has 0 aliphatic rings. The molecule has 0 fully saturated rings. The van der Waals surface area contributed by atoms with E-state index < -0.39 is 0 Å². The van der Waals surface area contributed by atoms with Crippen LogP contribution in [0.2, 0.25) is 5.02 Å². The van der Waals surface area contributed by atoms with Crippen LogP contribution in [-0.4, -0.2) is 10.9 Å². The van der Waals surface area contributed by atoms with Crippen LogP contribution < -0.4 is 5.32 Å². The summed E-state index contributed by atoms with van der Waals surface area (Å²) in [5.74, 6) is 0.935. The molecular formula is C16H11ClN2O2. The number of carbonyl (C=O) groups is 1. The number of aromatic nitrogens is 1. The minimum absolute atomic E-state index is 0.227. The largest absolute Gasteiger partial charge is 0.451 e. The van der Waals surface area contributed by atoms with Crippen molar-refractivity contribution in [2.24, 2.45) is 0 Å². The first-order chi connectivity index (χ1) is 10.2. The first-order valence-electron chi connectivity index (χ1n) is 6.30. The highest BCUT2D eigenvalue weighted by Gasteiger charge is 2.12. The fourth-order valence-corrected chi connectivity index (χ4v) is 1.96. The molecule has 0 radical (unpaired) electrons.